The predicted octanol–water partition coefficient (Wildman–Crippen LogP) is 1.26. The molecule has 24 heavy (non-hydrogen) atoms. The highest BCUT2D eigenvalue weighted by Crippen LogP contribution is 2.19. The molecular weight excluding hydrogens is 304 g/mol. The lowest BCUT2D eigenvalue weighted by Gasteiger charge is -2.42. The number of nitrogens with zero attached hydrogens (tertiary/aromatic N) is 3. The minimum atomic E-state index is -0.692. The average molecular weight is 326 g/mol. The molecule has 6 heteroatoms. The number of carbonyl (C=O) groups is 2. The highest BCUT2D eigenvalue weighted by molar-refractivity contribution is 5.97. The standard InChI is InChI=1S/C18H22N4O2/c1-18(2,17(19)24)22-10-8-21(9-11-22)16(23)14-6-5-13-4-3-7-20-15(13)12-14/h3-7,12H,8-11H2,1-2H3,(H2,19,24). The fourth-order valence-electron chi connectivity index (χ4n) is 3.01. The second kappa shape index (κ2) is 6.20. The molecule has 1 aliphatic rings. The summed E-state index contributed by atoms with van der Waals surface area (Å²) < 4.78 is 0. The number of carbonyl (C=O) groups excluding carboxylic acids is 2. The van der Waals surface area contributed by atoms with Crippen molar-refractivity contribution in [1.29, 1.82) is 0 Å². The number of aromatic nitrogens is 1. The van der Waals surface area contributed by atoms with E-state index in [9.17, 15) is 9.59 Å². The summed E-state index contributed by atoms with van der Waals surface area (Å²) in [6, 6.07) is 9.44. The monoisotopic (exact) mass is 326 g/mol. The molecule has 1 fully saturated rings. The SMILES string of the molecule is CC(C)(C(N)=O)N1CCN(C(=O)c2ccc3cccnc3c2)CC1. The van der Waals surface area contributed by atoms with E-state index in [0.717, 1.165) is 10.9 Å². The topological polar surface area (TPSA) is 79.5 Å². The van der Waals surface area contributed by atoms with Crippen molar-refractivity contribution in [3.63, 3.8) is 0 Å². The van der Waals surface area contributed by atoms with Crippen molar-refractivity contribution in [1.82, 2.24) is 14.8 Å². The highest BCUT2D eigenvalue weighted by Gasteiger charge is 2.35. The Labute approximate surface area is 141 Å². The van der Waals surface area contributed by atoms with E-state index in [1.54, 1.807) is 6.20 Å². The van der Waals surface area contributed by atoms with Crippen LogP contribution in [0.3, 0.4) is 0 Å². The van der Waals surface area contributed by atoms with E-state index in [-0.39, 0.29) is 11.8 Å². The molecule has 0 bridgehead atoms. The molecule has 2 N–H and O–H groups in total. The number of amides is 2. The molecule has 1 aliphatic heterocycles. The smallest absolute Gasteiger partial charge is 0.254 e. The Morgan fingerprint density at radius 2 is 1.83 bits per heavy atom. The molecule has 6 nitrogen and oxygen atoms in total. The van der Waals surface area contributed by atoms with E-state index in [2.05, 4.69) is 4.98 Å². The lowest BCUT2D eigenvalue weighted by Crippen LogP contribution is -2.60. The van der Waals surface area contributed by atoms with Gasteiger partial charge in [-0.05, 0) is 32.0 Å². The van der Waals surface area contributed by atoms with Crippen molar-refractivity contribution in [2.45, 2.75) is 19.4 Å². The van der Waals surface area contributed by atoms with Crippen LogP contribution in [0.25, 0.3) is 10.9 Å². The lowest BCUT2D eigenvalue weighted by molar-refractivity contribution is -0.129. The molecule has 0 unspecified atom stereocenters. The normalized spacial score (nSPS) is 16.3. The van der Waals surface area contributed by atoms with Gasteiger partial charge in [-0.25, -0.2) is 0 Å². The molecule has 0 saturated carbocycles. The van der Waals surface area contributed by atoms with E-state index < -0.39 is 5.54 Å². The van der Waals surface area contributed by atoms with E-state index in [1.165, 1.54) is 0 Å². The molecule has 2 heterocycles. The third kappa shape index (κ3) is 2.97. The van der Waals surface area contributed by atoms with Crippen molar-refractivity contribution < 1.29 is 9.59 Å². The van der Waals surface area contributed by atoms with E-state index in [1.807, 2.05) is 54.0 Å². The molecule has 0 atom stereocenters. The first kappa shape index (κ1) is 16.4. The van der Waals surface area contributed by atoms with Gasteiger partial charge in [0.15, 0.2) is 0 Å². The Hall–Kier alpha value is -2.47. The second-order valence-electron chi connectivity index (χ2n) is 6.61. The number of nitrogens with two attached hydrogens (primary N) is 1. The van der Waals surface area contributed by atoms with Crippen LogP contribution in [0.15, 0.2) is 36.5 Å². The van der Waals surface area contributed by atoms with Gasteiger partial charge in [0.25, 0.3) is 5.91 Å². The van der Waals surface area contributed by atoms with Crippen molar-refractivity contribution in [3.05, 3.63) is 42.1 Å². The van der Waals surface area contributed by atoms with Crippen LogP contribution >= 0.6 is 0 Å². The quantitative estimate of drug-likeness (QED) is 0.921. The summed E-state index contributed by atoms with van der Waals surface area (Å²) in [5.74, 6) is -0.345. The van der Waals surface area contributed by atoms with Gasteiger partial charge in [0.2, 0.25) is 5.91 Å². The third-order valence-electron chi connectivity index (χ3n) is 4.81. The fourth-order valence-corrected chi connectivity index (χ4v) is 3.01. The number of benzene rings is 1. The minimum absolute atomic E-state index is 0.000848. The second-order valence-corrected chi connectivity index (χ2v) is 6.61. The lowest BCUT2D eigenvalue weighted by atomic mass is 10.0. The van der Waals surface area contributed by atoms with Crippen LogP contribution in [-0.4, -0.2) is 58.3 Å². The van der Waals surface area contributed by atoms with Crippen molar-refractivity contribution in [2.75, 3.05) is 26.2 Å². The number of piperazine rings is 1. The summed E-state index contributed by atoms with van der Waals surface area (Å²) in [6.07, 6.45) is 1.72. The summed E-state index contributed by atoms with van der Waals surface area (Å²) >= 11 is 0. The summed E-state index contributed by atoms with van der Waals surface area (Å²) in [6.45, 7) is 6.07. The molecule has 1 aromatic carbocycles. The maximum atomic E-state index is 12.7. The van der Waals surface area contributed by atoms with Gasteiger partial charge in [0.1, 0.15) is 0 Å². The molecule has 0 aliphatic carbocycles. The summed E-state index contributed by atoms with van der Waals surface area (Å²) in [5, 5.41) is 1.02. The number of hydrogen-bond acceptors (Lipinski definition) is 4. The van der Waals surface area contributed by atoms with E-state index in [4.69, 9.17) is 5.73 Å². The Kier molecular flexibility index (Phi) is 4.24. The molecular formula is C18H22N4O2. The van der Waals surface area contributed by atoms with Gasteiger partial charge in [-0.2, -0.15) is 0 Å². The van der Waals surface area contributed by atoms with Gasteiger partial charge in [0.05, 0.1) is 11.1 Å². The van der Waals surface area contributed by atoms with Crippen LogP contribution in [0.5, 0.6) is 0 Å². The maximum Gasteiger partial charge on any atom is 0.254 e. The van der Waals surface area contributed by atoms with Gasteiger partial charge in [0, 0.05) is 43.3 Å². The van der Waals surface area contributed by atoms with Gasteiger partial charge >= 0.3 is 0 Å². The van der Waals surface area contributed by atoms with Gasteiger partial charge < -0.3 is 10.6 Å². The molecule has 0 spiro atoms. The van der Waals surface area contributed by atoms with Crippen molar-refractivity contribution in [3.8, 4) is 0 Å². The number of pyridine rings is 1. The summed E-state index contributed by atoms with van der Waals surface area (Å²) in [4.78, 5) is 32.4. The van der Waals surface area contributed by atoms with Crippen LogP contribution in [0.2, 0.25) is 0 Å². The Morgan fingerprint density at radius 1 is 1.12 bits per heavy atom. The van der Waals surface area contributed by atoms with E-state index in [0.29, 0.717) is 31.7 Å². The molecule has 0 radical (unpaired) electrons. The Balaban J connectivity index is 1.71. The van der Waals surface area contributed by atoms with E-state index >= 15 is 0 Å². The van der Waals surface area contributed by atoms with Crippen LogP contribution in [-0.2, 0) is 4.79 Å². The largest absolute Gasteiger partial charge is 0.368 e. The van der Waals surface area contributed by atoms with Gasteiger partial charge in [-0.15, -0.1) is 0 Å². The predicted molar refractivity (Wildman–Crippen MR) is 92.5 cm³/mol. The first-order valence-corrected chi connectivity index (χ1v) is 8.08. The zero-order valence-corrected chi connectivity index (χ0v) is 14.0. The first-order valence-electron chi connectivity index (χ1n) is 8.08. The van der Waals surface area contributed by atoms with Gasteiger partial charge in [-0.1, -0.05) is 12.1 Å². The zero-order chi connectivity index (χ0) is 17.3. The van der Waals surface area contributed by atoms with Crippen LogP contribution in [0.4, 0.5) is 0 Å². The fraction of sp³-hybridized carbons (Fsp3) is 0.389. The van der Waals surface area contributed by atoms with Crippen LogP contribution in [0.1, 0.15) is 24.2 Å². The Bertz CT molecular complexity index is 779. The molecule has 126 valence electrons. The summed E-state index contributed by atoms with van der Waals surface area (Å²) in [5.41, 5.74) is 6.24. The van der Waals surface area contributed by atoms with Gasteiger partial charge in [-0.3, -0.25) is 19.5 Å². The number of fused-ring (bicyclic) bond motifs is 1. The maximum absolute atomic E-state index is 12.7. The number of hydrogen-bond donors (Lipinski definition) is 1. The van der Waals surface area contributed by atoms with Crippen molar-refractivity contribution >= 4 is 22.7 Å². The first-order chi connectivity index (χ1) is 11.4. The minimum Gasteiger partial charge on any atom is -0.368 e. The highest BCUT2D eigenvalue weighted by atomic mass is 16.2. The molecule has 2 amide bonds. The summed E-state index contributed by atoms with van der Waals surface area (Å²) in [7, 11) is 0. The number of primary amides is 1. The molecule has 2 aromatic rings. The van der Waals surface area contributed by atoms with Crippen molar-refractivity contribution in [2.24, 2.45) is 5.73 Å². The Morgan fingerprint density at radius 3 is 2.50 bits per heavy atom. The number of rotatable bonds is 3. The molecule has 3 rings (SSSR count). The third-order valence-corrected chi connectivity index (χ3v) is 4.81. The van der Waals surface area contributed by atoms with Crippen LogP contribution < -0.4 is 5.73 Å². The van der Waals surface area contributed by atoms with Crippen LogP contribution in [0, 0.1) is 0 Å². The zero-order valence-electron chi connectivity index (χ0n) is 14.0. The average Bonchev–Trinajstić information content (AvgIpc) is 2.60. The molecule has 1 saturated heterocycles. The molecule has 1 aromatic heterocycles.